The Hall–Kier alpha value is -1.38. The Labute approximate surface area is 179 Å². The predicted octanol–water partition coefficient (Wildman–Crippen LogP) is 3.61. The Morgan fingerprint density at radius 3 is 2.63 bits per heavy atom. The molecule has 2 N–H and O–H groups in total. The number of hydrogen-bond donors (Lipinski definition) is 2. The van der Waals surface area contributed by atoms with E-state index in [1.54, 1.807) is 7.11 Å². The fourth-order valence-electron chi connectivity index (χ4n) is 2.77. The van der Waals surface area contributed by atoms with Crippen molar-refractivity contribution in [2.75, 3.05) is 46.6 Å². The standard InChI is InChI=1S/C21H31N3O2.HI/c1-3-22-21(23-13-7-15-26-17-16-25-2)24-14-12-19-10-6-9-18-8-4-5-11-20(18)19;/h4-6,8-11H,3,7,12-17H2,1-2H3,(H2,22,23,24);1H. The van der Waals surface area contributed by atoms with Crippen LogP contribution in [0.4, 0.5) is 0 Å². The summed E-state index contributed by atoms with van der Waals surface area (Å²) in [6, 6.07) is 15.0. The topological polar surface area (TPSA) is 54.9 Å². The minimum Gasteiger partial charge on any atom is -0.382 e. The van der Waals surface area contributed by atoms with E-state index >= 15 is 0 Å². The summed E-state index contributed by atoms with van der Waals surface area (Å²) >= 11 is 0. The molecule has 2 rings (SSSR count). The molecule has 0 unspecified atom stereocenters. The van der Waals surface area contributed by atoms with Gasteiger partial charge in [-0.2, -0.15) is 0 Å². The van der Waals surface area contributed by atoms with Crippen LogP contribution in [-0.2, 0) is 15.9 Å². The molecule has 27 heavy (non-hydrogen) atoms. The van der Waals surface area contributed by atoms with Crippen molar-refractivity contribution in [1.29, 1.82) is 0 Å². The summed E-state index contributed by atoms with van der Waals surface area (Å²) in [5, 5.41) is 9.34. The van der Waals surface area contributed by atoms with Gasteiger partial charge in [0.05, 0.1) is 13.2 Å². The maximum Gasteiger partial charge on any atom is 0.191 e. The summed E-state index contributed by atoms with van der Waals surface area (Å²) < 4.78 is 10.4. The molecule has 2 aromatic carbocycles. The van der Waals surface area contributed by atoms with E-state index in [4.69, 9.17) is 9.47 Å². The molecule has 0 amide bonds. The van der Waals surface area contributed by atoms with Crippen molar-refractivity contribution in [2.45, 2.75) is 19.8 Å². The smallest absolute Gasteiger partial charge is 0.191 e. The summed E-state index contributed by atoms with van der Waals surface area (Å²) in [5.74, 6) is 0.865. The Bertz CT molecular complexity index is 674. The maximum atomic E-state index is 5.46. The van der Waals surface area contributed by atoms with Gasteiger partial charge >= 0.3 is 0 Å². The van der Waals surface area contributed by atoms with Gasteiger partial charge in [0.25, 0.3) is 0 Å². The van der Waals surface area contributed by atoms with Crippen molar-refractivity contribution in [2.24, 2.45) is 4.99 Å². The van der Waals surface area contributed by atoms with Crippen molar-refractivity contribution >= 4 is 40.7 Å². The normalized spacial score (nSPS) is 11.3. The van der Waals surface area contributed by atoms with Crippen LogP contribution < -0.4 is 10.6 Å². The van der Waals surface area contributed by atoms with Gasteiger partial charge in [0, 0.05) is 33.4 Å². The number of rotatable bonds is 11. The third-order valence-electron chi connectivity index (χ3n) is 4.06. The Balaban J connectivity index is 0.00000364. The van der Waals surface area contributed by atoms with Crippen LogP contribution in [0.3, 0.4) is 0 Å². The molecular formula is C21H32IN3O2. The van der Waals surface area contributed by atoms with Crippen LogP contribution in [-0.4, -0.2) is 52.5 Å². The maximum absolute atomic E-state index is 5.46. The number of benzene rings is 2. The van der Waals surface area contributed by atoms with Crippen LogP contribution >= 0.6 is 24.0 Å². The van der Waals surface area contributed by atoms with Crippen molar-refractivity contribution in [3.8, 4) is 0 Å². The van der Waals surface area contributed by atoms with Gasteiger partial charge in [0.2, 0.25) is 0 Å². The highest BCUT2D eigenvalue weighted by Crippen LogP contribution is 2.18. The second-order valence-electron chi connectivity index (χ2n) is 6.03. The Morgan fingerprint density at radius 1 is 1.00 bits per heavy atom. The largest absolute Gasteiger partial charge is 0.382 e. The number of fused-ring (bicyclic) bond motifs is 1. The van der Waals surface area contributed by atoms with Crippen molar-refractivity contribution in [1.82, 2.24) is 10.6 Å². The van der Waals surface area contributed by atoms with E-state index in [-0.39, 0.29) is 24.0 Å². The van der Waals surface area contributed by atoms with Gasteiger partial charge in [0.1, 0.15) is 0 Å². The molecule has 0 saturated heterocycles. The summed E-state index contributed by atoms with van der Waals surface area (Å²) in [4.78, 5) is 4.61. The van der Waals surface area contributed by atoms with E-state index in [9.17, 15) is 0 Å². The van der Waals surface area contributed by atoms with Gasteiger partial charge in [-0.25, -0.2) is 0 Å². The molecule has 2 aromatic rings. The highest BCUT2D eigenvalue weighted by Gasteiger charge is 2.01. The second kappa shape index (κ2) is 14.6. The third-order valence-corrected chi connectivity index (χ3v) is 4.06. The minimum absolute atomic E-state index is 0. The SMILES string of the molecule is CCNC(=NCCCOCCOC)NCCc1cccc2ccccc12.I. The van der Waals surface area contributed by atoms with Gasteiger partial charge < -0.3 is 20.1 Å². The lowest BCUT2D eigenvalue weighted by Crippen LogP contribution is -2.38. The lowest BCUT2D eigenvalue weighted by molar-refractivity contribution is 0.0702. The molecule has 0 saturated carbocycles. The van der Waals surface area contributed by atoms with E-state index < -0.39 is 0 Å². The highest BCUT2D eigenvalue weighted by atomic mass is 127. The molecule has 0 heterocycles. The first-order chi connectivity index (χ1) is 12.8. The number of aliphatic imine (C=N–C) groups is 1. The van der Waals surface area contributed by atoms with Crippen LogP contribution in [0.2, 0.25) is 0 Å². The molecule has 0 spiro atoms. The molecule has 6 heteroatoms. The van der Waals surface area contributed by atoms with Crippen LogP contribution in [0.1, 0.15) is 18.9 Å². The molecule has 0 aromatic heterocycles. The van der Waals surface area contributed by atoms with Gasteiger partial charge in [-0.3, -0.25) is 4.99 Å². The molecule has 0 radical (unpaired) electrons. The van der Waals surface area contributed by atoms with E-state index in [1.165, 1.54) is 16.3 Å². The summed E-state index contributed by atoms with van der Waals surface area (Å²) in [6.07, 6.45) is 1.87. The average Bonchev–Trinajstić information content (AvgIpc) is 2.67. The fraction of sp³-hybridized carbons (Fsp3) is 0.476. The van der Waals surface area contributed by atoms with E-state index in [2.05, 4.69) is 65.0 Å². The van der Waals surface area contributed by atoms with Crippen LogP contribution in [0, 0.1) is 0 Å². The summed E-state index contributed by atoms with van der Waals surface area (Å²) in [7, 11) is 1.68. The number of halogens is 1. The van der Waals surface area contributed by atoms with E-state index in [0.717, 1.165) is 38.4 Å². The molecule has 150 valence electrons. The molecular weight excluding hydrogens is 453 g/mol. The van der Waals surface area contributed by atoms with Crippen molar-refractivity contribution < 1.29 is 9.47 Å². The summed E-state index contributed by atoms with van der Waals surface area (Å²) in [5.41, 5.74) is 1.36. The molecule has 0 aliphatic heterocycles. The number of nitrogens with one attached hydrogen (secondary N) is 2. The average molecular weight is 485 g/mol. The zero-order chi connectivity index (χ0) is 18.5. The number of guanidine groups is 1. The van der Waals surface area contributed by atoms with Crippen LogP contribution in [0.5, 0.6) is 0 Å². The Kier molecular flexibility index (Phi) is 12.8. The molecule has 0 bridgehead atoms. The first kappa shape index (κ1) is 23.7. The quantitative estimate of drug-likeness (QED) is 0.221. The van der Waals surface area contributed by atoms with Crippen LogP contribution in [0.15, 0.2) is 47.5 Å². The molecule has 0 aliphatic carbocycles. The first-order valence-corrected chi connectivity index (χ1v) is 9.40. The molecule has 0 atom stereocenters. The van der Waals surface area contributed by atoms with Crippen molar-refractivity contribution in [3.63, 3.8) is 0 Å². The highest BCUT2D eigenvalue weighted by molar-refractivity contribution is 14.0. The first-order valence-electron chi connectivity index (χ1n) is 9.40. The number of methoxy groups -OCH3 is 1. The van der Waals surface area contributed by atoms with Gasteiger partial charge in [-0.15, -0.1) is 24.0 Å². The molecule has 5 nitrogen and oxygen atoms in total. The number of hydrogen-bond acceptors (Lipinski definition) is 3. The number of nitrogens with zero attached hydrogens (tertiary/aromatic N) is 1. The monoisotopic (exact) mass is 485 g/mol. The van der Waals surface area contributed by atoms with Gasteiger partial charge in [-0.1, -0.05) is 42.5 Å². The number of ether oxygens (including phenoxy) is 2. The van der Waals surface area contributed by atoms with E-state index in [1.807, 2.05) is 0 Å². The second-order valence-corrected chi connectivity index (χ2v) is 6.03. The van der Waals surface area contributed by atoms with Crippen LogP contribution in [0.25, 0.3) is 10.8 Å². The third kappa shape index (κ3) is 8.90. The van der Waals surface area contributed by atoms with Gasteiger partial charge in [0.15, 0.2) is 5.96 Å². The zero-order valence-corrected chi connectivity index (χ0v) is 18.7. The Morgan fingerprint density at radius 2 is 1.81 bits per heavy atom. The summed E-state index contributed by atoms with van der Waals surface area (Å²) in [6.45, 7) is 6.52. The van der Waals surface area contributed by atoms with Gasteiger partial charge in [-0.05, 0) is 36.1 Å². The lowest BCUT2D eigenvalue weighted by atomic mass is 10.0. The van der Waals surface area contributed by atoms with E-state index in [0.29, 0.717) is 19.8 Å². The zero-order valence-electron chi connectivity index (χ0n) is 16.4. The molecule has 0 fully saturated rings. The lowest BCUT2D eigenvalue weighted by Gasteiger charge is -2.12. The predicted molar refractivity (Wildman–Crippen MR) is 124 cm³/mol. The fourth-order valence-corrected chi connectivity index (χ4v) is 2.77. The van der Waals surface area contributed by atoms with Crippen molar-refractivity contribution in [3.05, 3.63) is 48.0 Å². The molecule has 0 aliphatic rings. The minimum atomic E-state index is 0.